The summed E-state index contributed by atoms with van der Waals surface area (Å²) in [5.41, 5.74) is 5.72. The molecular weight excluding hydrogens is 266 g/mol. The zero-order chi connectivity index (χ0) is 14.0. The molecular formula is C14H10ClNO3. The van der Waals surface area contributed by atoms with Crippen LogP contribution >= 0.6 is 11.6 Å². The molecule has 96 valence electrons. The van der Waals surface area contributed by atoms with Gasteiger partial charge in [-0.25, -0.2) is 0 Å². The second-order valence-electron chi connectivity index (χ2n) is 3.91. The second kappa shape index (κ2) is 5.12. The quantitative estimate of drug-likeness (QED) is 0.844. The van der Waals surface area contributed by atoms with E-state index < -0.39 is 5.91 Å². The molecule has 2 aromatic carbocycles. The molecule has 0 fully saturated rings. The molecule has 5 heteroatoms. The summed E-state index contributed by atoms with van der Waals surface area (Å²) in [6.07, 6.45) is 0. The van der Waals surface area contributed by atoms with E-state index in [1.165, 1.54) is 30.3 Å². The van der Waals surface area contributed by atoms with Crippen LogP contribution < -0.4 is 5.73 Å². The Labute approximate surface area is 114 Å². The van der Waals surface area contributed by atoms with E-state index in [2.05, 4.69) is 0 Å². The molecule has 0 spiro atoms. The Hall–Kier alpha value is -2.33. The van der Waals surface area contributed by atoms with Crippen LogP contribution in [0.15, 0.2) is 42.5 Å². The molecule has 2 rings (SSSR count). The van der Waals surface area contributed by atoms with Gasteiger partial charge in [0.2, 0.25) is 5.91 Å². The molecule has 0 atom stereocenters. The van der Waals surface area contributed by atoms with Crippen molar-refractivity contribution in [1.82, 2.24) is 0 Å². The number of amides is 1. The maximum absolute atomic E-state index is 12.2. The predicted molar refractivity (Wildman–Crippen MR) is 71.5 cm³/mol. The van der Waals surface area contributed by atoms with Crippen molar-refractivity contribution in [3.8, 4) is 5.75 Å². The van der Waals surface area contributed by atoms with Gasteiger partial charge in [-0.2, -0.15) is 0 Å². The molecule has 0 radical (unpaired) electrons. The van der Waals surface area contributed by atoms with Crippen LogP contribution in [-0.2, 0) is 0 Å². The average Bonchev–Trinajstić information content (AvgIpc) is 2.38. The van der Waals surface area contributed by atoms with Gasteiger partial charge in [0.15, 0.2) is 5.78 Å². The van der Waals surface area contributed by atoms with Crippen molar-refractivity contribution in [2.45, 2.75) is 0 Å². The minimum absolute atomic E-state index is 0.105. The Morgan fingerprint density at radius 2 is 1.74 bits per heavy atom. The topological polar surface area (TPSA) is 80.4 Å². The van der Waals surface area contributed by atoms with Crippen molar-refractivity contribution in [2.24, 2.45) is 5.73 Å². The summed E-state index contributed by atoms with van der Waals surface area (Å²) >= 11 is 5.88. The van der Waals surface area contributed by atoms with Crippen molar-refractivity contribution in [3.63, 3.8) is 0 Å². The third-order valence-corrected chi connectivity index (χ3v) is 2.96. The molecule has 0 unspecified atom stereocenters. The Morgan fingerprint density at radius 3 is 2.32 bits per heavy atom. The summed E-state index contributed by atoms with van der Waals surface area (Å²) in [7, 11) is 0. The van der Waals surface area contributed by atoms with Gasteiger partial charge in [-0.05, 0) is 24.3 Å². The van der Waals surface area contributed by atoms with E-state index in [1.54, 1.807) is 12.1 Å². The predicted octanol–water partition coefficient (Wildman–Crippen LogP) is 2.38. The number of benzene rings is 2. The first-order chi connectivity index (χ1) is 9.00. The molecule has 0 aliphatic rings. The van der Waals surface area contributed by atoms with E-state index in [9.17, 15) is 14.7 Å². The molecule has 0 aromatic heterocycles. The van der Waals surface area contributed by atoms with Crippen molar-refractivity contribution < 1.29 is 14.7 Å². The summed E-state index contributed by atoms with van der Waals surface area (Å²) in [6.45, 7) is 0. The van der Waals surface area contributed by atoms with Gasteiger partial charge in [-0.1, -0.05) is 29.8 Å². The lowest BCUT2D eigenvalue weighted by Crippen LogP contribution is -2.12. The van der Waals surface area contributed by atoms with Crippen LogP contribution in [-0.4, -0.2) is 16.8 Å². The maximum atomic E-state index is 12.2. The normalized spacial score (nSPS) is 10.2. The molecule has 0 saturated carbocycles. The lowest BCUT2D eigenvalue weighted by Gasteiger charge is -2.05. The number of phenols is 1. The smallest absolute Gasteiger partial charge is 0.250 e. The van der Waals surface area contributed by atoms with Gasteiger partial charge in [-0.3, -0.25) is 9.59 Å². The number of primary amides is 1. The van der Waals surface area contributed by atoms with Gasteiger partial charge in [0.05, 0.1) is 16.1 Å². The Kier molecular flexibility index (Phi) is 3.53. The first-order valence-corrected chi connectivity index (χ1v) is 5.80. The first kappa shape index (κ1) is 13.1. The third kappa shape index (κ3) is 2.58. The fourth-order valence-electron chi connectivity index (χ4n) is 1.68. The lowest BCUT2D eigenvalue weighted by molar-refractivity contribution is 0.0996. The number of halogens is 1. The van der Waals surface area contributed by atoms with E-state index >= 15 is 0 Å². The van der Waals surface area contributed by atoms with Gasteiger partial charge in [-0.15, -0.1) is 0 Å². The van der Waals surface area contributed by atoms with Crippen LogP contribution in [0.1, 0.15) is 26.3 Å². The number of para-hydroxylation sites is 1. The number of aromatic hydroxyl groups is 1. The van der Waals surface area contributed by atoms with Crippen LogP contribution in [0.5, 0.6) is 5.75 Å². The largest absolute Gasteiger partial charge is 0.507 e. The van der Waals surface area contributed by atoms with Gasteiger partial charge >= 0.3 is 0 Å². The number of carbonyl (C=O) groups excluding carboxylic acids is 2. The number of carbonyl (C=O) groups is 2. The van der Waals surface area contributed by atoms with E-state index in [0.29, 0.717) is 0 Å². The van der Waals surface area contributed by atoms with E-state index in [4.69, 9.17) is 17.3 Å². The number of hydrogen-bond acceptors (Lipinski definition) is 3. The number of ketones is 1. The molecule has 2 aromatic rings. The SMILES string of the molecule is NC(=O)c1ccc(C(=O)c2ccccc2O)cc1Cl. The van der Waals surface area contributed by atoms with Gasteiger partial charge in [0, 0.05) is 5.56 Å². The highest BCUT2D eigenvalue weighted by Crippen LogP contribution is 2.23. The average molecular weight is 276 g/mol. The fourth-order valence-corrected chi connectivity index (χ4v) is 1.95. The van der Waals surface area contributed by atoms with E-state index in [0.717, 1.165) is 0 Å². The number of rotatable bonds is 3. The van der Waals surface area contributed by atoms with Crippen LogP contribution in [0, 0.1) is 0 Å². The first-order valence-electron chi connectivity index (χ1n) is 5.42. The minimum Gasteiger partial charge on any atom is -0.507 e. The van der Waals surface area contributed by atoms with E-state index in [-0.39, 0.29) is 33.2 Å². The Bertz CT molecular complexity index is 667. The van der Waals surface area contributed by atoms with Crippen molar-refractivity contribution >= 4 is 23.3 Å². The Balaban J connectivity index is 2.43. The maximum Gasteiger partial charge on any atom is 0.250 e. The van der Waals surface area contributed by atoms with Gasteiger partial charge in [0.25, 0.3) is 0 Å². The van der Waals surface area contributed by atoms with Crippen LogP contribution in [0.2, 0.25) is 5.02 Å². The zero-order valence-electron chi connectivity index (χ0n) is 9.76. The summed E-state index contributed by atoms with van der Waals surface area (Å²) in [5, 5.41) is 9.73. The Morgan fingerprint density at radius 1 is 1.05 bits per heavy atom. The van der Waals surface area contributed by atoms with Crippen LogP contribution in [0.3, 0.4) is 0 Å². The molecule has 0 bridgehead atoms. The van der Waals surface area contributed by atoms with Crippen molar-refractivity contribution in [2.75, 3.05) is 0 Å². The summed E-state index contributed by atoms with van der Waals surface area (Å²) in [4.78, 5) is 23.2. The van der Waals surface area contributed by atoms with Gasteiger partial charge in [0.1, 0.15) is 5.75 Å². The number of hydrogen-bond donors (Lipinski definition) is 2. The van der Waals surface area contributed by atoms with E-state index in [1.807, 2.05) is 0 Å². The standard InChI is InChI=1S/C14H10ClNO3/c15-11-7-8(5-6-9(11)14(16)19)13(18)10-3-1-2-4-12(10)17/h1-7,17H,(H2,16,19). The third-order valence-electron chi connectivity index (χ3n) is 2.65. The minimum atomic E-state index is -0.661. The highest BCUT2D eigenvalue weighted by molar-refractivity contribution is 6.34. The molecule has 19 heavy (non-hydrogen) atoms. The number of nitrogens with two attached hydrogens (primary N) is 1. The van der Waals surface area contributed by atoms with Crippen LogP contribution in [0.25, 0.3) is 0 Å². The summed E-state index contributed by atoms with van der Waals surface area (Å²) in [5.74, 6) is -1.15. The number of phenolic OH excluding ortho intramolecular Hbond substituents is 1. The lowest BCUT2D eigenvalue weighted by atomic mass is 10.0. The molecule has 3 N–H and O–H groups in total. The highest BCUT2D eigenvalue weighted by Gasteiger charge is 2.15. The van der Waals surface area contributed by atoms with Crippen LogP contribution in [0.4, 0.5) is 0 Å². The molecule has 0 heterocycles. The van der Waals surface area contributed by atoms with Crippen molar-refractivity contribution in [3.05, 3.63) is 64.2 Å². The summed E-state index contributed by atoms with van der Waals surface area (Å²) < 4.78 is 0. The second-order valence-corrected chi connectivity index (χ2v) is 4.31. The molecule has 1 amide bonds. The summed E-state index contributed by atoms with van der Waals surface area (Å²) in [6, 6.07) is 10.4. The van der Waals surface area contributed by atoms with Gasteiger partial charge < -0.3 is 10.8 Å². The molecule has 0 aliphatic carbocycles. The fraction of sp³-hybridized carbons (Fsp3) is 0. The monoisotopic (exact) mass is 275 g/mol. The highest BCUT2D eigenvalue weighted by atomic mass is 35.5. The molecule has 0 aliphatic heterocycles. The zero-order valence-corrected chi connectivity index (χ0v) is 10.5. The molecule has 4 nitrogen and oxygen atoms in total. The van der Waals surface area contributed by atoms with Crippen molar-refractivity contribution in [1.29, 1.82) is 0 Å². The molecule has 0 saturated heterocycles.